The Morgan fingerprint density at radius 2 is 1.83 bits per heavy atom. The molecule has 0 radical (unpaired) electrons. The number of benzene rings is 2. The number of halogens is 2. The molecule has 0 aliphatic carbocycles. The maximum Gasteiger partial charge on any atom is 0.253 e. The normalized spacial score (nSPS) is 10.4. The number of likely N-dealkylation sites (N-methyl/N-ethyl adjacent to an activating group) is 1. The predicted octanol–water partition coefficient (Wildman–Crippen LogP) is 2.61. The van der Waals surface area contributed by atoms with Crippen molar-refractivity contribution in [2.75, 3.05) is 20.2 Å². The first-order valence-electron chi connectivity index (χ1n) is 7.04. The molecular formula is C17H17F2NO3. The fourth-order valence-corrected chi connectivity index (χ4v) is 1.96. The molecule has 0 saturated carbocycles. The average molecular weight is 321 g/mol. The van der Waals surface area contributed by atoms with Crippen LogP contribution in [0.5, 0.6) is 5.75 Å². The number of nitrogens with zero attached hydrogens (tertiary/aromatic N) is 1. The number of hydrogen-bond acceptors (Lipinski definition) is 3. The molecule has 4 nitrogen and oxygen atoms in total. The average Bonchev–Trinajstić information content (AvgIpc) is 2.56. The Labute approximate surface area is 132 Å². The molecule has 0 heterocycles. The van der Waals surface area contributed by atoms with Crippen LogP contribution in [0, 0.1) is 11.6 Å². The monoisotopic (exact) mass is 321 g/mol. The molecule has 122 valence electrons. The molecule has 0 unspecified atom stereocenters. The lowest BCUT2D eigenvalue weighted by molar-refractivity contribution is 0.0767. The maximum absolute atomic E-state index is 13.1. The van der Waals surface area contributed by atoms with E-state index in [4.69, 9.17) is 9.84 Å². The van der Waals surface area contributed by atoms with Gasteiger partial charge in [0.05, 0.1) is 6.61 Å². The van der Waals surface area contributed by atoms with Crippen molar-refractivity contribution in [1.82, 2.24) is 4.90 Å². The highest BCUT2D eigenvalue weighted by atomic mass is 19.2. The van der Waals surface area contributed by atoms with Crippen LogP contribution in [0.25, 0.3) is 0 Å². The van der Waals surface area contributed by atoms with Gasteiger partial charge in [-0.15, -0.1) is 0 Å². The van der Waals surface area contributed by atoms with Crippen molar-refractivity contribution < 1.29 is 23.4 Å². The van der Waals surface area contributed by atoms with Crippen LogP contribution in [0.15, 0.2) is 42.5 Å². The van der Waals surface area contributed by atoms with Gasteiger partial charge in [-0.2, -0.15) is 0 Å². The summed E-state index contributed by atoms with van der Waals surface area (Å²) >= 11 is 0. The predicted molar refractivity (Wildman–Crippen MR) is 81.2 cm³/mol. The number of carbonyl (C=O) groups is 1. The SMILES string of the molecule is CN(CCO)C(=O)c1ccc(OCc2ccc(F)c(F)c2)cc1. The van der Waals surface area contributed by atoms with Crippen molar-refractivity contribution >= 4 is 5.91 Å². The number of rotatable bonds is 6. The van der Waals surface area contributed by atoms with Gasteiger partial charge in [0.1, 0.15) is 12.4 Å². The van der Waals surface area contributed by atoms with Crippen LogP contribution in [0.4, 0.5) is 8.78 Å². The van der Waals surface area contributed by atoms with Gasteiger partial charge in [0.25, 0.3) is 5.91 Å². The van der Waals surface area contributed by atoms with Gasteiger partial charge in [-0.3, -0.25) is 4.79 Å². The minimum atomic E-state index is -0.918. The molecule has 23 heavy (non-hydrogen) atoms. The summed E-state index contributed by atoms with van der Waals surface area (Å²) in [6, 6.07) is 10.0. The third-order valence-corrected chi connectivity index (χ3v) is 3.27. The lowest BCUT2D eigenvalue weighted by Gasteiger charge is -2.15. The lowest BCUT2D eigenvalue weighted by atomic mass is 10.2. The number of amides is 1. The summed E-state index contributed by atoms with van der Waals surface area (Å²) in [5, 5.41) is 8.83. The van der Waals surface area contributed by atoms with Gasteiger partial charge in [-0.25, -0.2) is 8.78 Å². The van der Waals surface area contributed by atoms with Gasteiger partial charge in [0.2, 0.25) is 0 Å². The van der Waals surface area contributed by atoms with Gasteiger partial charge in [-0.1, -0.05) is 6.07 Å². The number of ether oxygens (including phenoxy) is 1. The van der Waals surface area contributed by atoms with Gasteiger partial charge in [0.15, 0.2) is 11.6 Å². The van der Waals surface area contributed by atoms with Crippen LogP contribution in [0.2, 0.25) is 0 Å². The molecule has 2 aromatic rings. The Hall–Kier alpha value is -2.47. The molecular weight excluding hydrogens is 304 g/mol. The maximum atomic E-state index is 13.1. The minimum absolute atomic E-state index is 0.0922. The Morgan fingerprint density at radius 3 is 2.43 bits per heavy atom. The molecule has 0 aromatic heterocycles. The highest BCUT2D eigenvalue weighted by Gasteiger charge is 2.11. The number of hydrogen-bond donors (Lipinski definition) is 1. The Balaban J connectivity index is 1.97. The Bertz CT molecular complexity index is 674. The molecule has 0 bridgehead atoms. The van der Waals surface area contributed by atoms with Crippen molar-refractivity contribution in [2.45, 2.75) is 6.61 Å². The van der Waals surface area contributed by atoms with E-state index >= 15 is 0 Å². The van der Waals surface area contributed by atoms with Crippen molar-refractivity contribution in [3.63, 3.8) is 0 Å². The summed E-state index contributed by atoms with van der Waals surface area (Å²) in [7, 11) is 1.60. The topological polar surface area (TPSA) is 49.8 Å². The highest BCUT2D eigenvalue weighted by Crippen LogP contribution is 2.16. The molecule has 2 rings (SSSR count). The Kier molecular flexibility index (Phi) is 5.65. The van der Waals surface area contributed by atoms with E-state index in [1.807, 2.05) is 0 Å². The van der Waals surface area contributed by atoms with E-state index in [-0.39, 0.29) is 25.7 Å². The third-order valence-electron chi connectivity index (χ3n) is 3.27. The molecule has 0 fully saturated rings. The first kappa shape index (κ1) is 16.9. The van der Waals surface area contributed by atoms with Crippen LogP contribution in [0.1, 0.15) is 15.9 Å². The number of carbonyl (C=O) groups excluding carboxylic acids is 1. The fourth-order valence-electron chi connectivity index (χ4n) is 1.96. The molecule has 0 atom stereocenters. The van der Waals surface area contributed by atoms with Crippen molar-refractivity contribution in [3.8, 4) is 5.75 Å². The summed E-state index contributed by atoms with van der Waals surface area (Å²) in [4.78, 5) is 13.4. The summed E-state index contributed by atoms with van der Waals surface area (Å²) in [6.45, 7) is 0.250. The van der Waals surface area contributed by atoms with Crippen LogP contribution >= 0.6 is 0 Å². The first-order chi connectivity index (χ1) is 11.0. The Morgan fingerprint density at radius 1 is 1.13 bits per heavy atom. The molecule has 1 amide bonds. The molecule has 1 N–H and O–H groups in total. The molecule has 0 aliphatic heterocycles. The summed E-state index contributed by atoms with van der Waals surface area (Å²) < 4.78 is 31.4. The van der Waals surface area contributed by atoms with E-state index in [9.17, 15) is 13.6 Å². The molecule has 2 aromatic carbocycles. The first-order valence-corrected chi connectivity index (χ1v) is 7.04. The lowest BCUT2D eigenvalue weighted by Crippen LogP contribution is -2.29. The standard InChI is InChI=1S/C17H17F2NO3/c1-20(8-9-21)17(22)13-3-5-14(6-4-13)23-11-12-2-7-15(18)16(19)10-12/h2-7,10,21H,8-9,11H2,1H3. The highest BCUT2D eigenvalue weighted by molar-refractivity contribution is 5.94. The molecule has 0 saturated heterocycles. The van der Waals surface area contributed by atoms with Gasteiger partial charge >= 0.3 is 0 Å². The van der Waals surface area contributed by atoms with Crippen LogP contribution in [-0.4, -0.2) is 36.1 Å². The zero-order valence-corrected chi connectivity index (χ0v) is 12.6. The van der Waals surface area contributed by atoms with Crippen molar-refractivity contribution in [1.29, 1.82) is 0 Å². The van der Waals surface area contributed by atoms with Crippen molar-refractivity contribution in [2.24, 2.45) is 0 Å². The zero-order chi connectivity index (χ0) is 16.8. The minimum Gasteiger partial charge on any atom is -0.489 e. The van der Waals surface area contributed by atoms with E-state index < -0.39 is 11.6 Å². The molecule has 0 spiro atoms. The zero-order valence-electron chi connectivity index (χ0n) is 12.6. The fraction of sp³-hybridized carbons (Fsp3) is 0.235. The number of aliphatic hydroxyl groups is 1. The summed E-state index contributed by atoms with van der Waals surface area (Å²) in [5.41, 5.74) is 0.979. The van der Waals surface area contributed by atoms with Crippen LogP contribution < -0.4 is 4.74 Å². The van der Waals surface area contributed by atoms with E-state index in [0.717, 1.165) is 12.1 Å². The molecule has 0 aliphatic rings. The van der Waals surface area contributed by atoms with E-state index in [1.54, 1.807) is 31.3 Å². The summed E-state index contributed by atoms with van der Waals surface area (Å²) in [5.74, 6) is -1.51. The van der Waals surface area contributed by atoms with Crippen LogP contribution in [0.3, 0.4) is 0 Å². The number of aliphatic hydroxyl groups excluding tert-OH is 1. The third kappa shape index (κ3) is 4.50. The largest absolute Gasteiger partial charge is 0.489 e. The van der Waals surface area contributed by atoms with Gasteiger partial charge in [0, 0.05) is 19.2 Å². The van der Waals surface area contributed by atoms with Crippen molar-refractivity contribution in [3.05, 3.63) is 65.2 Å². The summed E-state index contributed by atoms with van der Waals surface area (Å²) in [6.07, 6.45) is 0. The quantitative estimate of drug-likeness (QED) is 0.890. The van der Waals surface area contributed by atoms with Gasteiger partial charge in [-0.05, 0) is 42.0 Å². The second-order valence-corrected chi connectivity index (χ2v) is 5.01. The van der Waals surface area contributed by atoms with E-state index in [0.29, 0.717) is 16.9 Å². The van der Waals surface area contributed by atoms with Crippen LogP contribution in [-0.2, 0) is 6.61 Å². The second-order valence-electron chi connectivity index (χ2n) is 5.01. The molecule has 6 heteroatoms. The van der Waals surface area contributed by atoms with Gasteiger partial charge < -0.3 is 14.7 Å². The van der Waals surface area contributed by atoms with E-state index in [2.05, 4.69) is 0 Å². The second kappa shape index (κ2) is 7.69. The smallest absolute Gasteiger partial charge is 0.253 e. The van der Waals surface area contributed by atoms with E-state index in [1.165, 1.54) is 11.0 Å².